The fourth-order valence-corrected chi connectivity index (χ4v) is 2.99. The first-order chi connectivity index (χ1) is 13.5. The Morgan fingerprint density at radius 2 is 1.75 bits per heavy atom. The Hall–Kier alpha value is -3.28. The molecular formula is C22H22O6. The minimum absolute atomic E-state index is 0.126. The average molecular weight is 382 g/mol. The lowest BCUT2D eigenvalue weighted by molar-refractivity contribution is -0.137. The predicted octanol–water partition coefficient (Wildman–Crippen LogP) is 4.58. The lowest BCUT2D eigenvalue weighted by atomic mass is 10.1. The summed E-state index contributed by atoms with van der Waals surface area (Å²) in [5.74, 6) is -0.112. The summed E-state index contributed by atoms with van der Waals surface area (Å²) < 4.78 is 11.5. The summed E-state index contributed by atoms with van der Waals surface area (Å²) in [6.45, 7) is 0.431. The van der Waals surface area contributed by atoms with Gasteiger partial charge in [0, 0.05) is 30.2 Å². The van der Waals surface area contributed by atoms with Gasteiger partial charge in [-0.05, 0) is 12.8 Å². The molecule has 0 bridgehead atoms. The van der Waals surface area contributed by atoms with Gasteiger partial charge in [0.2, 0.25) is 0 Å². The molecule has 6 nitrogen and oxygen atoms in total. The van der Waals surface area contributed by atoms with Crippen LogP contribution in [0.1, 0.15) is 32.1 Å². The van der Waals surface area contributed by atoms with Crippen LogP contribution in [0.2, 0.25) is 0 Å². The molecule has 0 saturated carbocycles. The van der Waals surface area contributed by atoms with Gasteiger partial charge in [0.15, 0.2) is 5.43 Å². The molecule has 0 amide bonds. The Kier molecular flexibility index (Phi) is 6.32. The highest BCUT2D eigenvalue weighted by Crippen LogP contribution is 2.31. The van der Waals surface area contributed by atoms with Gasteiger partial charge in [-0.3, -0.25) is 9.59 Å². The number of carbonyl (C=O) groups is 1. The SMILES string of the molecule is O=C(O)CCCCCCOc1cc(O)c2c(=O)cc(-c3ccccc3)oc2c1. The summed E-state index contributed by atoms with van der Waals surface area (Å²) in [5.41, 5.74) is 0.721. The van der Waals surface area contributed by atoms with Gasteiger partial charge in [0.25, 0.3) is 0 Å². The second-order valence-electron chi connectivity index (χ2n) is 6.56. The van der Waals surface area contributed by atoms with Gasteiger partial charge < -0.3 is 19.4 Å². The van der Waals surface area contributed by atoms with E-state index in [1.165, 1.54) is 12.1 Å². The molecule has 146 valence electrons. The lowest BCUT2D eigenvalue weighted by Crippen LogP contribution is -2.02. The van der Waals surface area contributed by atoms with Crippen molar-refractivity contribution in [3.8, 4) is 22.8 Å². The second kappa shape index (κ2) is 9.08. The van der Waals surface area contributed by atoms with Gasteiger partial charge >= 0.3 is 5.97 Å². The molecule has 0 atom stereocenters. The van der Waals surface area contributed by atoms with E-state index in [1.807, 2.05) is 30.3 Å². The number of hydrogen-bond acceptors (Lipinski definition) is 5. The molecule has 0 fully saturated rings. The number of fused-ring (bicyclic) bond motifs is 1. The van der Waals surface area contributed by atoms with Crippen molar-refractivity contribution < 1.29 is 24.2 Å². The predicted molar refractivity (Wildman–Crippen MR) is 106 cm³/mol. The molecule has 0 aliphatic heterocycles. The topological polar surface area (TPSA) is 97.0 Å². The Labute approximate surface area is 162 Å². The van der Waals surface area contributed by atoms with Crippen LogP contribution in [0.25, 0.3) is 22.3 Å². The zero-order valence-electron chi connectivity index (χ0n) is 15.4. The summed E-state index contributed by atoms with van der Waals surface area (Å²) >= 11 is 0. The smallest absolute Gasteiger partial charge is 0.303 e. The van der Waals surface area contributed by atoms with Gasteiger partial charge in [-0.25, -0.2) is 0 Å². The molecule has 0 aliphatic carbocycles. The number of carboxylic acids is 1. The van der Waals surface area contributed by atoms with Crippen LogP contribution < -0.4 is 10.2 Å². The Morgan fingerprint density at radius 3 is 2.50 bits per heavy atom. The highest BCUT2D eigenvalue weighted by molar-refractivity contribution is 5.86. The van der Waals surface area contributed by atoms with Gasteiger partial charge in [-0.1, -0.05) is 43.2 Å². The number of phenolic OH excluding ortho intramolecular Hbond substituents is 1. The molecule has 0 saturated heterocycles. The van der Waals surface area contributed by atoms with Gasteiger partial charge in [-0.15, -0.1) is 0 Å². The lowest BCUT2D eigenvalue weighted by Gasteiger charge is -2.09. The van der Waals surface area contributed by atoms with E-state index in [4.69, 9.17) is 14.3 Å². The maximum Gasteiger partial charge on any atom is 0.303 e. The van der Waals surface area contributed by atoms with Gasteiger partial charge in [0.1, 0.15) is 28.2 Å². The van der Waals surface area contributed by atoms with Crippen molar-refractivity contribution in [1.82, 2.24) is 0 Å². The van der Waals surface area contributed by atoms with E-state index >= 15 is 0 Å². The van der Waals surface area contributed by atoms with E-state index in [0.29, 0.717) is 24.5 Å². The standard InChI is InChI=1S/C22H22O6/c23-17-12-16(27-11-7-2-1-6-10-21(25)26)13-20-22(17)18(24)14-19(28-20)15-8-4-3-5-9-15/h3-5,8-9,12-14,23H,1-2,6-7,10-11H2,(H,25,26). The Morgan fingerprint density at radius 1 is 1.00 bits per heavy atom. The van der Waals surface area contributed by atoms with E-state index in [9.17, 15) is 14.7 Å². The van der Waals surface area contributed by atoms with Crippen LogP contribution in [0.15, 0.2) is 57.7 Å². The van der Waals surface area contributed by atoms with Crippen LogP contribution in [-0.4, -0.2) is 22.8 Å². The molecule has 1 heterocycles. The monoisotopic (exact) mass is 382 g/mol. The van der Waals surface area contributed by atoms with Crippen molar-refractivity contribution in [2.24, 2.45) is 0 Å². The number of carboxylic acid groups (broad SMARTS) is 1. The molecule has 0 aliphatic rings. The van der Waals surface area contributed by atoms with Crippen LogP contribution in [0.4, 0.5) is 0 Å². The minimum Gasteiger partial charge on any atom is -0.507 e. The quantitative estimate of drug-likeness (QED) is 0.526. The molecule has 6 heteroatoms. The first kappa shape index (κ1) is 19.5. The van der Waals surface area contributed by atoms with Gasteiger partial charge in [0.05, 0.1) is 6.61 Å². The fourth-order valence-electron chi connectivity index (χ4n) is 2.99. The zero-order valence-corrected chi connectivity index (χ0v) is 15.4. The van der Waals surface area contributed by atoms with Crippen molar-refractivity contribution in [3.63, 3.8) is 0 Å². The summed E-state index contributed by atoms with van der Waals surface area (Å²) in [7, 11) is 0. The maximum absolute atomic E-state index is 12.4. The van der Waals surface area contributed by atoms with Crippen molar-refractivity contribution in [3.05, 3.63) is 58.8 Å². The van der Waals surface area contributed by atoms with Crippen LogP contribution in [-0.2, 0) is 4.79 Å². The van der Waals surface area contributed by atoms with Crippen molar-refractivity contribution in [1.29, 1.82) is 0 Å². The van der Waals surface area contributed by atoms with Crippen LogP contribution in [0.5, 0.6) is 11.5 Å². The normalized spacial score (nSPS) is 10.9. The van der Waals surface area contributed by atoms with E-state index in [1.54, 1.807) is 6.07 Å². The second-order valence-corrected chi connectivity index (χ2v) is 6.56. The third kappa shape index (κ3) is 4.91. The first-order valence-electron chi connectivity index (χ1n) is 9.25. The number of benzene rings is 2. The molecule has 0 unspecified atom stereocenters. The number of aromatic hydroxyl groups is 1. The van der Waals surface area contributed by atoms with Crippen molar-refractivity contribution >= 4 is 16.9 Å². The summed E-state index contributed by atoms with van der Waals surface area (Å²) in [6, 6.07) is 13.7. The molecule has 28 heavy (non-hydrogen) atoms. The van der Waals surface area contributed by atoms with Crippen molar-refractivity contribution in [2.75, 3.05) is 6.61 Å². The fraction of sp³-hybridized carbons (Fsp3) is 0.273. The summed E-state index contributed by atoms with van der Waals surface area (Å²) in [5, 5.41) is 19.0. The number of rotatable bonds is 9. The molecular weight excluding hydrogens is 360 g/mol. The van der Waals surface area contributed by atoms with E-state index in [-0.39, 0.29) is 28.6 Å². The largest absolute Gasteiger partial charge is 0.507 e. The van der Waals surface area contributed by atoms with Crippen molar-refractivity contribution in [2.45, 2.75) is 32.1 Å². The zero-order chi connectivity index (χ0) is 19.9. The third-order valence-corrected chi connectivity index (χ3v) is 4.40. The molecule has 0 spiro atoms. The average Bonchev–Trinajstić information content (AvgIpc) is 2.67. The first-order valence-corrected chi connectivity index (χ1v) is 9.25. The van der Waals surface area contributed by atoms with Gasteiger partial charge in [-0.2, -0.15) is 0 Å². The highest BCUT2D eigenvalue weighted by atomic mass is 16.5. The molecule has 2 aromatic carbocycles. The maximum atomic E-state index is 12.4. The highest BCUT2D eigenvalue weighted by Gasteiger charge is 2.12. The van der Waals surface area contributed by atoms with E-state index < -0.39 is 5.97 Å². The van der Waals surface area contributed by atoms with E-state index in [0.717, 1.165) is 24.8 Å². The Bertz CT molecular complexity index is 1010. The summed E-state index contributed by atoms with van der Waals surface area (Å²) in [4.78, 5) is 22.9. The molecule has 0 radical (unpaired) electrons. The summed E-state index contributed by atoms with van der Waals surface area (Å²) in [6.07, 6.45) is 3.29. The third-order valence-electron chi connectivity index (χ3n) is 4.40. The number of phenols is 1. The van der Waals surface area contributed by atoms with Crippen LogP contribution in [0.3, 0.4) is 0 Å². The molecule has 3 rings (SSSR count). The van der Waals surface area contributed by atoms with E-state index in [2.05, 4.69) is 0 Å². The molecule has 1 aromatic heterocycles. The number of ether oxygens (including phenoxy) is 1. The number of hydrogen-bond donors (Lipinski definition) is 2. The molecule has 2 N–H and O–H groups in total. The Balaban J connectivity index is 1.70. The number of aliphatic carboxylic acids is 1. The minimum atomic E-state index is -0.778. The number of unbranched alkanes of at least 4 members (excludes halogenated alkanes) is 3. The van der Waals surface area contributed by atoms with Crippen LogP contribution >= 0.6 is 0 Å². The molecule has 3 aromatic rings. The van der Waals surface area contributed by atoms with Crippen LogP contribution in [0, 0.1) is 0 Å².